The summed E-state index contributed by atoms with van der Waals surface area (Å²) < 4.78 is 5.94. The van der Waals surface area contributed by atoms with E-state index < -0.39 is 0 Å². The van der Waals surface area contributed by atoms with Gasteiger partial charge in [-0.1, -0.05) is 51.1 Å². The summed E-state index contributed by atoms with van der Waals surface area (Å²) in [5, 5.41) is 28.8. The quantitative estimate of drug-likeness (QED) is 0.566. The van der Waals surface area contributed by atoms with Crippen LogP contribution in [0.2, 0.25) is 0 Å². The highest BCUT2D eigenvalue weighted by molar-refractivity contribution is 5.66. The van der Waals surface area contributed by atoms with Gasteiger partial charge in [0, 0.05) is 0 Å². The maximum absolute atomic E-state index is 10.1. The van der Waals surface area contributed by atoms with Crippen molar-refractivity contribution in [3.8, 4) is 5.75 Å². The zero-order chi connectivity index (χ0) is 20.5. The summed E-state index contributed by atoms with van der Waals surface area (Å²) in [7, 11) is 0. The molecule has 0 aliphatic rings. The fraction of sp³-hybridized carbons (Fsp3) is 0.417. The summed E-state index contributed by atoms with van der Waals surface area (Å²) in [5.74, 6) is 1.02. The van der Waals surface area contributed by atoms with E-state index in [0.717, 1.165) is 34.4 Å². The van der Waals surface area contributed by atoms with E-state index in [1.165, 1.54) is 5.57 Å². The van der Waals surface area contributed by atoms with Gasteiger partial charge in [0.15, 0.2) is 0 Å². The molecule has 0 spiro atoms. The van der Waals surface area contributed by atoms with Crippen molar-refractivity contribution in [2.45, 2.75) is 59.5 Å². The molecular weight excluding hydrogens is 352 g/mol. The number of allylic oxidation sites excluding steroid dienone is 1. The first-order chi connectivity index (χ1) is 13.5. The molecule has 2 rings (SSSR count). The van der Waals surface area contributed by atoms with Gasteiger partial charge in [-0.2, -0.15) is 0 Å². The zero-order valence-electron chi connectivity index (χ0n) is 17.1. The monoisotopic (exact) mass is 384 g/mol. The van der Waals surface area contributed by atoms with Crippen LogP contribution in [0, 0.1) is 5.92 Å². The Hall–Kier alpha value is -2.14. The Labute approximate surface area is 168 Å². The second-order valence-electron chi connectivity index (χ2n) is 7.37. The summed E-state index contributed by atoms with van der Waals surface area (Å²) in [6.07, 6.45) is 3.32. The first-order valence-electron chi connectivity index (χ1n) is 9.91. The van der Waals surface area contributed by atoms with Crippen LogP contribution < -0.4 is 4.74 Å². The Balaban J connectivity index is 2.09. The zero-order valence-corrected chi connectivity index (χ0v) is 17.1. The summed E-state index contributed by atoms with van der Waals surface area (Å²) in [6, 6.07) is 13.6. The highest BCUT2D eigenvalue weighted by Crippen LogP contribution is 2.25. The van der Waals surface area contributed by atoms with Gasteiger partial charge in [-0.3, -0.25) is 0 Å². The standard InChI is InChI=1S/C24H32O4/c1-4-19(10-11-24(27)17(2)3)20-6-5-7-23(13-20)28-16-18-8-9-21(14-25)22(12-18)15-26/h5-10,12-13,17,24-27H,4,11,14-16H2,1-3H3. The minimum absolute atomic E-state index is 0.0866. The van der Waals surface area contributed by atoms with Gasteiger partial charge < -0.3 is 20.1 Å². The second-order valence-corrected chi connectivity index (χ2v) is 7.37. The second kappa shape index (κ2) is 11.0. The van der Waals surface area contributed by atoms with Gasteiger partial charge in [0.1, 0.15) is 12.4 Å². The van der Waals surface area contributed by atoms with Crippen molar-refractivity contribution < 1.29 is 20.1 Å². The van der Waals surface area contributed by atoms with Gasteiger partial charge in [-0.15, -0.1) is 0 Å². The van der Waals surface area contributed by atoms with Gasteiger partial charge >= 0.3 is 0 Å². The molecule has 0 radical (unpaired) electrons. The molecule has 0 fully saturated rings. The Morgan fingerprint density at radius 3 is 2.43 bits per heavy atom. The maximum Gasteiger partial charge on any atom is 0.120 e. The predicted molar refractivity (Wildman–Crippen MR) is 113 cm³/mol. The molecule has 28 heavy (non-hydrogen) atoms. The number of hydrogen-bond acceptors (Lipinski definition) is 4. The van der Waals surface area contributed by atoms with Crippen LogP contribution in [0.5, 0.6) is 5.75 Å². The lowest BCUT2D eigenvalue weighted by Crippen LogP contribution is -2.13. The number of aliphatic hydroxyl groups is 3. The summed E-state index contributed by atoms with van der Waals surface area (Å²) in [4.78, 5) is 0. The van der Waals surface area contributed by atoms with Gasteiger partial charge in [0.2, 0.25) is 0 Å². The molecule has 0 bridgehead atoms. The predicted octanol–water partition coefficient (Wildman–Crippen LogP) is 4.45. The van der Waals surface area contributed by atoms with Crippen LogP contribution in [0.15, 0.2) is 48.5 Å². The van der Waals surface area contributed by atoms with Gasteiger partial charge in [0.25, 0.3) is 0 Å². The molecule has 1 atom stereocenters. The van der Waals surface area contributed by atoms with Crippen LogP contribution in [0.4, 0.5) is 0 Å². The van der Waals surface area contributed by atoms with Crippen molar-refractivity contribution in [1.29, 1.82) is 0 Å². The third-order valence-corrected chi connectivity index (χ3v) is 4.98. The van der Waals surface area contributed by atoms with Gasteiger partial charge in [-0.05, 0) is 64.8 Å². The van der Waals surface area contributed by atoms with E-state index in [1.807, 2.05) is 50.2 Å². The molecule has 2 aromatic carbocycles. The van der Waals surface area contributed by atoms with Crippen molar-refractivity contribution in [3.63, 3.8) is 0 Å². The van der Waals surface area contributed by atoms with Gasteiger partial charge in [0.05, 0.1) is 19.3 Å². The highest BCUT2D eigenvalue weighted by atomic mass is 16.5. The van der Waals surface area contributed by atoms with Crippen molar-refractivity contribution in [2.75, 3.05) is 0 Å². The van der Waals surface area contributed by atoms with E-state index in [0.29, 0.717) is 13.0 Å². The summed E-state index contributed by atoms with van der Waals surface area (Å²) >= 11 is 0. The average Bonchev–Trinajstić information content (AvgIpc) is 2.72. The number of benzene rings is 2. The van der Waals surface area contributed by atoms with E-state index >= 15 is 0 Å². The van der Waals surface area contributed by atoms with Gasteiger partial charge in [-0.25, -0.2) is 0 Å². The molecule has 0 saturated carbocycles. The minimum Gasteiger partial charge on any atom is -0.489 e. The van der Waals surface area contributed by atoms with E-state index in [1.54, 1.807) is 0 Å². The summed E-state index contributed by atoms with van der Waals surface area (Å²) in [5.41, 5.74) is 4.69. The van der Waals surface area contributed by atoms with Crippen LogP contribution in [0.25, 0.3) is 5.57 Å². The van der Waals surface area contributed by atoms with Crippen LogP contribution in [-0.4, -0.2) is 21.4 Å². The smallest absolute Gasteiger partial charge is 0.120 e. The number of rotatable bonds is 10. The third-order valence-electron chi connectivity index (χ3n) is 4.98. The van der Waals surface area contributed by atoms with Crippen LogP contribution >= 0.6 is 0 Å². The molecule has 4 nitrogen and oxygen atoms in total. The molecule has 0 amide bonds. The molecular formula is C24H32O4. The highest BCUT2D eigenvalue weighted by Gasteiger charge is 2.09. The Morgan fingerprint density at radius 2 is 1.79 bits per heavy atom. The largest absolute Gasteiger partial charge is 0.489 e. The normalized spacial score (nSPS) is 13.0. The van der Waals surface area contributed by atoms with Crippen LogP contribution in [-0.2, 0) is 19.8 Å². The number of ether oxygens (including phenoxy) is 1. The van der Waals surface area contributed by atoms with Crippen molar-refractivity contribution in [2.24, 2.45) is 5.92 Å². The first kappa shape index (κ1) is 22.2. The molecule has 0 aromatic heterocycles. The Bertz CT molecular complexity index is 780. The Kier molecular flexibility index (Phi) is 8.71. The van der Waals surface area contributed by atoms with Crippen molar-refractivity contribution in [3.05, 3.63) is 70.8 Å². The molecule has 1 unspecified atom stereocenters. The van der Waals surface area contributed by atoms with E-state index in [4.69, 9.17) is 4.74 Å². The SMILES string of the molecule is CCC(=CCC(O)C(C)C)c1cccc(OCc2ccc(CO)c(CO)c2)c1. The lowest BCUT2D eigenvalue weighted by atomic mass is 9.98. The Morgan fingerprint density at radius 1 is 1.04 bits per heavy atom. The number of hydrogen-bond donors (Lipinski definition) is 3. The topological polar surface area (TPSA) is 69.9 Å². The molecule has 3 N–H and O–H groups in total. The molecule has 0 aliphatic heterocycles. The molecule has 2 aromatic rings. The maximum atomic E-state index is 10.1. The molecule has 0 saturated heterocycles. The van der Waals surface area contributed by atoms with Crippen LogP contribution in [0.1, 0.15) is 55.9 Å². The average molecular weight is 385 g/mol. The van der Waals surface area contributed by atoms with Crippen molar-refractivity contribution >= 4 is 5.57 Å². The van der Waals surface area contributed by atoms with E-state index in [2.05, 4.69) is 19.1 Å². The van der Waals surface area contributed by atoms with E-state index in [9.17, 15) is 15.3 Å². The molecule has 4 heteroatoms. The fourth-order valence-corrected chi connectivity index (χ4v) is 3.02. The molecule has 152 valence electrons. The molecule has 0 heterocycles. The lowest BCUT2D eigenvalue weighted by molar-refractivity contribution is 0.128. The fourth-order valence-electron chi connectivity index (χ4n) is 3.02. The van der Waals surface area contributed by atoms with Crippen molar-refractivity contribution in [1.82, 2.24) is 0 Å². The van der Waals surface area contributed by atoms with E-state index in [-0.39, 0.29) is 25.2 Å². The summed E-state index contributed by atoms with van der Waals surface area (Å²) in [6.45, 7) is 6.35. The number of aliphatic hydroxyl groups excluding tert-OH is 3. The molecule has 0 aliphatic carbocycles. The lowest BCUT2D eigenvalue weighted by Gasteiger charge is -2.14. The first-order valence-corrected chi connectivity index (χ1v) is 9.91. The van der Waals surface area contributed by atoms with Crippen LogP contribution in [0.3, 0.4) is 0 Å². The third kappa shape index (κ3) is 6.20. The minimum atomic E-state index is -0.330.